The molecular weight excluding hydrogens is 643 g/mol. The van der Waals surface area contributed by atoms with E-state index in [9.17, 15) is 4.79 Å². The van der Waals surface area contributed by atoms with Crippen LogP contribution in [0.4, 0.5) is 11.5 Å². The van der Waals surface area contributed by atoms with Crippen LogP contribution >= 0.6 is 11.3 Å². The third kappa shape index (κ3) is 6.85. The fourth-order valence-electron chi connectivity index (χ4n) is 7.37. The van der Waals surface area contributed by atoms with E-state index in [0.717, 1.165) is 94.9 Å². The number of carbonyl (C=O) groups is 1. The predicted molar refractivity (Wildman–Crippen MR) is 201 cm³/mol. The highest BCUT2D eigenvalue weighted by Crippen LogP contribution is 2.38. The quantitative estimate of drug-likeness (QED) is 0.157. The van der Waals surface area contributed by atoms with Gasteiger partial charge in [-0.25, -0.2) is 19.9 Å². The highest BCUT2D eigenvalue weighted by molar-refractivity contribution is 7.18. The molecule has 1 aliphatic carbocycles. The zero-order valence-corrected chi connectivity index (χ0v) is 30.5. The molecule has 2 aliphatic heterocycles. The first-order valence-electron chi connectivity index (χ1n) is 18.3. The number of hydrogen-bond donors (Lipinski definition) is 1. The van der Waals surface area contributed by atoms with E-state index >= 15 is 0 Å². The predicted octanol–water partition coefficient (Wildman–Crippen LogP) is 8.26. The minimum atomic E-state index is -0.131. The largest absolute Gasteiger partial charge is 0.372 e. The summed E-state index contributed by atoms with van der Waals surface area (Å²) in [5.74, 6) is 2.68. The molecule has 5 aromatic rings. The molecule has 0 spiro atoms. The van der Waals surface area contributed by atoms with Gasteiger partial charge in [0.15, 0.2) is 0 Å². The molecule has 2 aromatic carbocycles. The van der Waals surface area contributed by atoms with Gasteiger partial charge in [0.2, 0.25) is 0 Å². The number of pyridine rings is 1. The Hall–Kier alpha value is -3.99. The van der Waals surface area contributed by atoms with Gasteiger partial charge in [-0.15, -0.1) is 11.3 Å². The Labute approximate surface area is 298 Å². The zero-order chi connectivity index (χ0) is 34.4. The highest BCUT2D eigenvalue weighted by atomic mass is 32.1. The third-order valence-electron chi connectivity index (χ3n) is 10.5. The van der Waals surface area contributed by atoms with Gasteiger partial charge in [-0.2, -0.15) is 0 Å². The first-order valence-corrected chi connectivity index (χ1v) is 19.1. The summed E-state index contributed by atoms with van der Waals surface area (Å²) < 4.78 is 7.00. The van der Waals surface area contributed by atoms with Crippen molar-refractivity contribution in [3.63, 3.8) is 0 Å². The monoisotopic (exact) mass is 689 g/mol. The first-order chi connectivity index (χ1) is 24.2. The molecule has 1 N–H and O–H groups in total. The normalized spacial score (nSPS) is 17.0. The van der Waals surface area contributed by atoms with E-state index in [-0.39, 0.29) is 11.4 Å². The van der Waals surface area contributed by atoms with E-state index < -0.39 is 0 Å². The number of aromatic nitrogens is 4. The van der Waals surface area contributed by atoms with Crippen LogP contribution in [0.5, 0.6) is 0 Å². The molecule has 1 saturated heterocycles. The van der Waals surface area contributed by atoms with E-state index in [0.29, 0.717) is 37.2 Å². The molecule has 1 saturated carbocycles. The van der Waals surface area contributed by atoms with Gasteiger partial charge in [-0.05, 0) is 107 Å². The van der Waals surface area contributed by atoms with Crippen LogP contribution < -0.4 is 10.2 Å². The van der Waals surface area contributed by atoms with E-state index in [4.69, 9.17) is 14.7 Å². The topological polar surface area (TPSA) is 96.4 Å². The lowest BCUT2D eigenvalue weighted by Crippen LogP contribution is -2.46. The Bertz CT molecular complexity index is 2020. The Morgan fingerprint density at radius 3 is 2.50 bits per heavy atom. The van der Waals surface area contributed by atoms with Crippen LogP contribution in [-0.2, 0) is 30.9 Å². The molecule has 260 valence electrons. The van der Waals surface area contributed by atoms with E-state index in [1.165, 1.54) is 23.4 Å². The number of carbonyl (C=O) groups excluding carboxylic acids is 1. The molecule has 50 heavy (non-hydrogen) atoms. The summed E-state index contributed by atoms with van der Waals surface area (Å²) in [7, 11) is 0. The molecule has 0 bridgehead atoms. The summed E-state index contributed by atoms with van der Waals surface area (Å²) >= 11 is 1.78. The van der Waals surface area contributed by atoms with Gasteiger partial charge in [0, 0.05) is 53.5 Å². The fourth-order valence-corrected chi connectivity index (χ4v) is 8.44. The van der Waals surface area contributed by atoms with Crippen molar-refractivity contribution in [1.29, 1.82) is 0 Å². The van der Waals surface area contributed by atoms with Crippen LogP contribution in [-0.4, -0.2) is 55.9 Å². The molecule has 10 heteroatoms. The van der Waals surface area contributed by atoms with Crippen molar-refractivity contribution in [1.82, 2.24) is 24.8 Å². The van der Waals surface area contributed by atoms with Crippen molar-refractivity contribution < 1.29 is 9.53 Å². The molecule has 3 aromatic heterocycles. The number of hydrogen-bond acceptors (Lipinski definition) is 9. The Kier molecular flexibility index (Phi) is 9.03. The number of thiazole rings is 1. The molecule has 1 amide bonds. The van der Waals surface area contributed by atoms with Crippen LogP contribution in [0.25, 0.3) is 21.1 Å². The lowest BCUT2D eigenvalue weighted by molar-refractivity contribution is 0.0876. The van der Waals surface area contributed by atoms with E-state index in [1.807, 2.05) is 4.90 Å². The molecule has 9 nitrogen and oxygen atoms in total. The van der Waals surface area contributed by atoms with E-state index in [1.54, 1.807) is 23.7 Å². The number of nitrogens with zero attached hydrogens (tertiary/aromatic N) is 6. The molecule has 2 fully saturated rings. The summed E-state index contributed by atoms with van der Waals surface area (Å²) in [6.45, 7) is 13.7. The zero-order valence-electron chi connectivity index (χ0n) is 29.7. The van der Waals surface area contributed by atoms with Crippen molar-refractivity contribution in [3.05, 3.63) is 81.9 Å². The summed E-state index contributed by atoms with van der Waals surface area (Å²) in [4.78, 5) is 38.1. The second-order valence-corrected chi connectivity index (χ2v) is 16.4. The SMILES string of the molecule is CCCNc1nc2cc(CN(C(=O)c3cnc(C4CC4)nc3)c3ccc4sc(CC5CCN(C(C)(C)C)CC5)nc4c3)ccc2c2c1COC2. The average molecular weight is 690 g/mol. The van der Waals surface area contributed by atoms with Gasteiger partial charge in [-0.1, -0.05) is 19.1 Å². The maximum absolute atomic E-state index is 14.3. The fraction of sp³-hybridized carbons (Fsp3) is 0.475. The number of fused-ring (bicyclic) bond motifs is 4. The van der Waals surface area contributed by atoms with Gasteiger partial charge >= 0.3 is 0 Å². The summed E-state index contributed by atoms with van der Waals surface area (Å²) in [6, 6.07) is 12.6. The van der Waals surface area contributed by atoms with Crippen LogP contribution in [0.1, 0.15) is 104 Å². The number of anilines is 2. The van der Waals surface area contributed by atoms with Gasteiger partial charge in [-0.3, -0.25) is 9.69 Å². The van der Waals surface area contributed by atoms with Gasteiger partial charge in [0.1, 0.15) is 11.6 Å². The lowest BCUT2D eigenvalue weighted by atomic mass is 9.91. The van der Waals surface area contributed by atoms with Crippen molar-refractivity contribution >= 4 is 49.9 Å². The molecule has 0 atom stereocenters. The second-order valence-electron chi connectivity index (χ2n) is 15.2. The molecule has 3 aliphatic rings. The molecule has 5 heterocycles. The van der Waals surface area contributed by atoms with Gasteiger partial charge in [0.25, 0.3) is 5.91 Å². The smallest absolute Gasteiger partial charge is 0.261 e. The number of ether oxygens (including phenoxy) is 1. The standard InChI is InChI=1S/C40H47N7O2S/c1-5-14-41-38-32-24-49-23-31(32)30-10-6-26(17-33(30)45-38)22-47(39(48)28-20-42-37(43-21-28)27-7-8-27)29-9-11-35-34(19-29)44-36(50-35)18-25-12-15-46(16-13-25)40(2,3)4/h6,9-11,17,19-21,25,27H,5,7-8,12-16,18,22-24H2,1-4H3,(H,41,45). The van der Waals surface area contributed by atoms with Crippen LogP contribution in [0.2, 0.25) is 0 Å². The summed E-state index contributed by atoms with van der Waals surface area (Å²) in [5, 5.41) is 5.79. The minimum absolute atomic E-state index is 0.131. The number of likely N-dealkylation sites (tertiary alicyclic amines) is 1. The first kappa shape index (κ1) is 33.2. The Balaban J connectivity index is 1.09. The van der Waals surface area contributed by atoms with Crippen molar-refractivity contribution in [2.75, 3.05) is 29.9 Å². The molecule has 0 unspecified atom stereocenters. The van der Waals surface area contributed by atoms with Crippen LogP contribution in [0.3, 0.4) is 0 Å². The van der Waals surface area contributed by atoms with Crippen molar-refractivity contribution in [2.45, 2.75) is 97.4 Å². The van der Waals surface area contributed by atoms with Crippen LogP contribution in [0, 0.1) is 5.92 Å². The number of rotatable bonds is 10. The maximum Gasteiger partial charge on any atom is 0.261 e. The highest BCUT2D eigenvalue weighted by Gasteiger charge is 2.29. The van der Waals surface area contributed by atoms with E-state index in [2.05, 4.69) is 84.3 Å². The number of nitrogens with one attached hydrogen (secondary N) is 1. The molecule has 0 radical (unpaired) electrons. The number of benzene rings is 2. The van der Waals surface area contributed by atoms with Gasteiger partial charge < -0.3 is 15.0 Å². The van der Waals surface area contributed by atoms with Crippen molar-refractivity contribution in [3.8, 4) is 0 Å². The summed E-state index contributed by atoms with van der Waals surface area (Å²) in [5.41, 5.74) is 6.70. The molecule has 8 rings (SSSR count). The third-order valence-corrected chi connectivity index (χ3v) is 11.6. The lowest BCUT2D eigenvalue weighted by Gasteiger charge is -2.40. The summed E-state index contributed by atoms with van der Waals surface area (Å²) in [6.07, 6.45) is 10.0. The van der Waals surface area contributed by atoms with Crippen LogP contribution in [0.15, 0.2) is 48.8 Å². The van der Waals surface area contributed by atoms with Gasteiger partial charge in [0.05, 0.1) is 46.1 Å². The number of amides is 1. The Morgan fingerprint density at radius 1 is 0.980 bits per heavy atom. The average Bonchev–Trinajstić information content (AvgIpc) is 3.71. The number of piperidine rings is 1. The molecular formula is C40H47N7O2S. The minimum Gasteiger partial charge on any atom is -0.372 e. The second kappa shape index (κ2) is 13.6. The van der Waals surface area contributed by atoms with Crippen molar-refractivity contribution in [2.24, 2.45) is 5.92 Å². The maximum atomic E-state index is 14.3. The Morgan fingerprint density at radius 2 is 1.76 bits per heavy atom.